The summed E-state index contributed by atoms with van der Waals surface area (Å²) in [6.45, 7) is 4.33. The standard InChI is InChI=1S/C11H14BrNOS/c1-7(2)11(4-5-11)13-10(14)9-8(12)3-6-15-9/h3,6-7H,4-5H2,1-2H3,(H,13,14). The second kappa shape index (κ2) is 3.91. The summed E-state index contributed by atoms with van der Waals surface area (Å²) in [5.41, 5.74) is 0.0700. The Hall–Kier alpha value is -0.350. The van der Waals surface area contributed by atoms with Crippen molar-refractivity contribution in [3.8, 4) is 0 Å². The Balaban J connectivity index is 2.08. The largest absolute Gasteiger partial charge is 0.346 e. The van der Waals surface area contributed by atoms with Crippen LogP contribution in [0.15, 0.2) is 15.9 Å². The van der Waals surface area contributed by atoms with E-state index in [0.717, 1.165) is 22.2 Å². The van der Waals surface area contributed by atoms with Gasteiger partial charge in [-0.1, -0.05) is 13.8 Å². The third-order valence-electron chi connectivity index (χ3n) is 3.08. The van der Waals surface area contributed by atoms with Gasteiger partial charge in [-0.25, -0.2) is 0 Å². The van der Waals surface area contributed by atoms with Crippen molar-refractivity contribution in [1.82, 2.24) is 5.32 Å². The van der Waals surface area contributed by atoms with Gasteiger partial charge in [0, 0.05) is 10.0 Å². The number of hydrogen-bond acceptors (Lipinski definition) is 2. The Morgan fingerprint density at radius 3 is 2.67 bits per heavy atom. The summed E-state index contributed by atoms with van der Waals surface area (Å²) in [5, 5.41) is 5.08. The van der Waals surface area contributed by atoms with Gasteiger partial charge in [-0.2, -0.15) is 0 Å². The second-order valence-electron chi connectivity index (χ2n) is 4.36. The van der Waals surface area contributed by atoms with Crippen LogP contribution in [-0.2, 0) is 0 Å². The van der Waals surface area contributed by atoms with E-state index >= 15 is 0 Å². The molecule has 0 aliphatic heterocycles. The lowest BCUT2D eigenvalue weighted by Crippen LogP contribution is -2.40. The molecule has 1 N–H and O–H groups in total. The molecule has 1 heterocycles. The zero-order valence-corrected chi connectivity index (χ0v) is 11.2. The highest BCUT2D eigenvalue weighted by atomic mass is 79.9. The predicted octanol–water partition coefficient (Wildman–Crippen LogP) is 3.43. The molecule has 1 aromatic heterocycles. The number of carbonyl (C=O) groups is 1. The molecule has 0 atom stereocenters. The summed E-state index contributed by atoms with van der Waals surface area (Å²) in [6.07, 6.45) is 2.22. The van der Waals surface area contributed by atoms with Crippen LogP contribution in [0.3, 0.4) is 0 Å². The van der Waals surface area contributed by atoms with Crippen molar-refractivity contribution in [1.29, 1.82) is 0 Å². The average molecular weight is 288 g/mol. The van der Waals surface area contributed by atoms with Crippen LogP contribution in [0.4, 0.5) is 0 Å². The molecule has 1 aromatic rings. The van der Waals surface area contributed by atoms with E-state index in [-0.39, 0.29) is 11.4 Å². The fraction of sp³-hybridized carbons (Fsp3) is 0.545. The minimum Gasteiger partial charge on any atom is -0.346 e. The molecular formula is C11H14BrNOS. The molecular weight excluding hydrogens is 274 g/mol. The lowest BCUT2D eigenvalue weighted by molar-refractivity contribution is 0.0922. The molecule has 1 saturated carbocycles. The van der Waals surface area contributed by atoms with Crippen molar-refractivity contribution in [3.63, 3.8) is 0 Å². The van der Waals surface area contributed by atoms with Crippen molar-refractivity contribution in [2.45, 2.75) is 32.2 Å². The number of hydrogen-bond donors (Lipinski definition) is 1. The number of carbonyl (C=O) groups excluding carboxylic acids is 1. The summed E-state index contributed by atoms with van der Waals surface area (Å²) in [6, 6.07) is 1.91. The summed E-state index contributed by atoms with van der Waals surface area (Å²) in [4.78, 5) is 12.7. The van der Waals surface area contributed by atoms with E-state index in [9.17, 15) is 4.79 Å². The first-order valence-corrected chi connectivity index (χ1v) is 6.78. The first-order chi connectivity index (χ1) is 7.05. The van der Waals surface area contributed by atoms with Crippen LogP contribution in [0.5, 0.6) is 0 Å². The molecule has 1 aliphatic carbocycles. The molecule has 82 valence electrons. The second-order valence-corrected chi connectivity index (χ2v) is 6.13. The van der Waals surface area contributed by atoms with Crippen LogP contribution in [0.25, 0.3) is 0 Å². The number of halogens is 1. The zero-order valence-electron chi connectivity index (χ0n) is 8.84. The lowest BCUT2D eigenvalue weighted by Gasteiger charge is -2.21. The van der Waals surface area contributed by atoms with E-state index in [1.54, 1.807) is 0 Å². The minimum atomic E-state index is 0.0584. The Bertz CT molecular complexity index is 382. The summed E-state index contributed by atoms with van der Waals surface area (Å²) in [7, 11) is 0. The molecule has 0 unspecified atom stereocenters. The Kier molecular flexibility index (Phi) is 2.90. The van der Waals surface area contributed by atoms with Crippen LogP contribution >= 0.6 is 27.3 Å². The van der Waals surface area contributed by atoms with E-state index in [4.69, 9.17) is 0 Å². The first-order valence-electron chi connectivity index (χ1n) is 5.11. The first kappa shape index (κ1) is 11.1. The predicted molar refractivity (Wildman–Crippen MR) is 66.3 cm³/mol. The summed E-state index contributed by atoms with van der Waals surface area (Å²) >= 11 is 4.86. The van der Waals surface area contributed by atoms with Gasteiger partial charge in [-0.3, -0.25) is 4.79 Å². The third-order valence-corrected chi connectivity index (χ3v) is 4.92. The van der Waals surface area contributed by atoms with Crippen LogP contribution in [0, 0.1) is 5.92 Å². The summed E-state index contributed by atoms with van der Waals surface area (Å²) < 4.78 is 0.893. The smallest absolute Gasteiger partial charge is 0.262 e. The van der Waals surface area contributed by atoms with Gasteiger partial charge in [0.25, 0.3) is 5.91 Å². The molecule has 1 fully saturated rings. The van der Waals surface area contributed by atoms with Gasteiger partial charge in [0.2, 0.25) is 0 Å². The van der Waals surface area contributed by atoms with Gasteiger partial charge < -0.3 is 5.32 Å². The van der Waals surface area contributed by atoms with Crippen molar-refractivity contribution >= 4 is 33.2 Å². The van der Waals surface area contributed by atoms with Gasteiger partial charge >= 0.3 is 0 Å². The fourth-order valence-electron chi connectivity index (χ4n) is 1.72. The Morgan fingerprint density at radius 1 is 1.60 bits per heavy atom. The number of amides is 1. The highest BCUT2D eigenvalue weighted by Gasteiger charge is 2.46. The highest BCUT2D eigenvalue weighted by molar-refractivity contribution is 9.10. The lowest BCUT2D eigenvalue weighted by atomic mass is 10.0. The molecule has 1 amide bonds. The minimum absolute atomic E-state index is 0.0584. The molecule has 0 radical (unpaired) electrons. The normalized spacial score (nSPS) is 17.9. The third kappa shape index (κ3) is 2.11. The number of thiophene rings is 1. The fourth-order valence-corrected chi connectivity index (χ4v) is 3.17. The number of nitrogens with one attached hydrogen (secondary N) is 1. The molecule has 2 nitrogen and oxygen atoms in total. The highest BCUT2D eigenvalue weighted by Crippen LogP contribution is 2.42. The molecule has 1 aliphatic rings. The van der Waals surface area contributed by atoms with Crippen LogP contribution in [0.1, 0.15) is 36.4 Å². The van der Waals surface area contributed by atoms with Gasteiger partial charge in [0.1, 0.15) is 4.88 Å². The maximum atomic E-state index is 12.0. The SMILES string of the molecule is CC(C)C1(NC(=O)c2sccc2Br)CC1. The van der Waals surface area contributed by atoms with Crippen LogP contribution in [0.2, 0.25) is 0 Å². The van der Waals surface area contributed by atoms with Crippen molar-refractivity contribution in [2.75, 3.05) is 0 Å². The van der Waals surface area contributed by atoms with Gasteiger partial charge in [0.05, 0.1) is 0 Å². The van der Waals surface area contributed by atoms with Crippen molar-refractivity contribution in [3.05, 3.63) is 20.8 Å². The molecule has 0 spiro atoms. The van der Waals surface area contributed by atoms with E-state index in [1.165, 1.54) is 11.3 Å². The van der Waals surface area contributed by atoms with Crippen LogP contribution in [-0.4, -0.2) is 11.4 Å². The Labute approximate surface area is 102 Å². The molecule has 2 rings (SSSR count). The summed E-state index contributed by atoms with van der Waals surface area (Å²) in [5.74, 6) is 0.572. The maximum Gasteiger partial charge on any atom is 0.262 e. The number of rotatable bonds is 3. The van der Waals surface area contributed by atoms with Crippen molar-refractivity contribution in [2.24, 2.45) is 5.92 Å². The van der Waals surface area contributed by atoms with E-state index < -0.39 is 0 Å². The van der Waals surface area contributed by atoms with Gasteiger partial charge in [0.15, 0.2) is 0 Å². The molecule has 0 aromatic carbocycles. The average Bonchev–Trinajstić information content (AvgIpc) is 2.82. The zero-order chi connectivity index (χ0) is 11.1. The van der Waals surface area contributed by atoms with Crippen molar-refractivity contribution < 1.29 is 4.79 Å². The van der Waals surface area contributed by atoms with Gasteiger partial charge in [-0.15, -0.1) is 11.3 Å². The van der Waals surface area contributed by atoms with E-state index in [2.05, 4.69) is 35.1 Å². The molecule has 15 heavy (non-hydrogen) atoms. The topological polar surface area (TPSA) is 29.1 Å². The van der Waals surface area contributed by atoms with Crippen LogP contribution < -0.4 is 5.32 Å². The Morgan fingerprint density at radius 2 is 2.27 bits per heavy atom. The maximum absolute atomic E-state index is 12.0. The molecule has 4 heteroatoms. The van der Waals surface area contributed by atoms with E-state index in [1.807, 2.05) is 11.4 Å². The molecule has 0 bridgehead atoms. The monoisotopic (exact) mass is 287 g/mol. The quantitative estimate of drug-likeness (QED) is 0.907. The van der Waals surface area contributed by atoms with Gasteiger partial charge in [-0.05, 0) is 46.1 Å². The van der Waals surface area contributed by atoms with E-state index in [0.29, 0.717) is 5.92 Å². The molecule has 0 saturated heterocycles.